The smallest absolute Gasteiger partial charge is 0.272 e. The first-order chi connectivity index (χ1) is 18.0. The molecular weight excluding hydrogens is 473 g/mol. The zero-order chi connectivity index (χ0) is 25.5. The largest absolute Gasteiger partial charge is 0.333 e. The number of pyridine rings is 2. The third-order valence-electron chi connectivity index (χ3n) is 6.93. The highest BCUT2D eigenvalue weighted by Gasteiger charge is 2.27. The van der Waals surface area contributed by atoms with Gasteiger partial charge in [-0.1, -0.05) is 12.1 Å². The molecule has 0 spiro atoms. The first-order valence-corrected chi connectivity index (χ1v) is 12.2. The highest BCUT2D eigenvalue weighted by molar-refractivity contribution is 6.04. The van der Waals surface area contributed by atoms with Crippen LogP contribution < -0.4 is 5.32 Å². The fraction of sp³-hybridized carbons (Fsp3) is 0.259. The van der Waals surface area contributed by atoms with E-state index in [1.807, 2.05) is 6.07 Å². The fourth-order valence-electron chi connectivity index (χ4n) is 4.99. The molecular formula is C27H24FN7O2. The van der Waals surface area contributed by atoms with Gasteiger partial charge in [-0.3, -0.25) is 14.6 Å². The lowest BCUT2D eigenvalue weighted by Crippen LogP contribution is -2.36. The summed E-state index contributed by atoms with van der Waals surface area (Å²) in [6, 6.07) is 13.6. The number of nitrogens with zero attached hydrogens (tertiary/aromatic N) is 6. The van der Waals surface area contributed by atoms with Crippen LogP contribution >= 0.6 is 0 Å². The molecule has 6 rings (SSSR count). The maximum atomic E-state index is 15.0. The van der Waals surface area contributed by atoms with Gasteiger partial charge in [0.15, 0.2) is 5.82 Å². The second kappa shape index (κ2) is 9.20. The van der Waals surface area contributed by atoms with Crippen molar-refractivity contribution in [3.63, 3.8) is 0 Å². The van der Waals surface area contributed by atoms with Gasteiger partial charge in [-0.05, 0) is 67.3 Å². The average Bonchev–Trinajstić information content (AvgIpc) is 3.51. The summed E-state index contributed by atoms with van der Waals surface area (Å²) in [6.07, 6.45) is 3.93. The summed E-state index contributed by atoms with van der Waals surface area (Å²) >= 11 is 0. The summed E-state index contributed by atoms with van der Waals surface area (Å²) in [5.41, 5.74) is 2.35. The van der Waals surface area contributed by atoms with Gasteiger partial charge in [0.2, 0.25) is 0 Å². The van der Waals surface area contributed by atoms with Crippen molar-refractivity contribution in [2.45, 2.75) is 38.8 Å². The summed E-state index contributed by atoms with van der Waals surface area (Å²) in [5.74, 6) is 0.435. The minimum absolute atomic E-state index is 0.102. The highest BCUT2D eigenvalue weighted by atomic mass is 19.1. The van der Waals surface area contributed by atoms with Gasteiger partial charge in [0.25, 0.3) is 11.8 Å². The first kappa shape index (κ1) is 23.0. The van der Waals surface area contributed by atoms with Gasteiger partial charge < -0.3 is 14.8 Å². The third kappa shape index (κ3) is 4.24. The van der Waals surface area contributed by atoms with Crippen molar-refractivity contribution >= 4 is 17.6 Å². The Kier molecular flexibility index (Phi) is 5.71. The van der Waals surface area contributed by atoms with Crippen LogP contribution in [0.1, 0.15) is 57.2 Å². The molecule has 0 aliphatic carbocycles. The zero-order valence-electron chi connectivity index (χ0n) is 20.2. The van der Waals surface area contributed by atoms with Crippen molar-refractivity contribution in [3.8, 4) is 11.5 Å². The second-order valence-corrected chi connectivity index (χ2v) is 9.35. The van der Waals surface area contributed by atoms with Gasteiger partial charge in [0.1, 0.15) is 28.8 Å². The molecule has 3 aromatic heterocycles. The van der Waals surface area contributed by atoms with Gasteiger partial charge in [-0.15, -0.1) is 10.2 Å². The van der Waals surface area contributed by atoms with Crippen LogP contribution in [0, 0.1) is 5.82 Å². The lowest BCUT2D eigenvalue weighted by molar-refractivity contribution is 0.0728. The minimum Gasteiger partial charge on any atom is -0.333 e. The van der Waals surface area contributed by atoms with Crippen molar-refractivity contribution < 1.29 is 14.0 Å². The van der Waals surface area contributed by atoms with Crippen molar-refractivity contribution in [3.05, 3.63) is 88.8 Å². The number of anilines is 1. The Bertz CT molecular complexity index is 1520. The fourth-order valence-corrected chi connectivity index (χ4v) is 4.99. The number of carbonyl (C=O) groups is 2. The number of aryl methyl sites for hydroxylation is 1. The van der Waals surface area contributed by atoms with Gasteiger partial charge in [-0.2, -0.15) is 0 Å². The summed E-state index contributed by atoms with van der Waals surface area (Å²) in [7, 11) is 0. The van der Waals surface area contributed by atoms with E-state index in [1.54, 1.807) is 41.4 Å². The molecule has 0 bridgehead atoms. The molecule has 2 aliphatic rings. The summed E-state index contributed by atoms with van der Waals surface area (Å²) in [4.78, 5) is 36.3. The molecule has 0 fully saturated rings. The zero-order valence-corrected chi connectivity index (χ0v) is 20.2. The Morgan fingerprint density at radius 2 is 1.95 bits per heavy atom. The van der Waals surface area contributed by atoms with Crippen LogP contribution in [0.25, 0.3) is 11.5 Å². The van der Waals surface area contributed by atoms with E-state index in [0.29, 0.717) is 30.2 Å². The van der Waals surface area contributed by atoms with Crippen LogP contribution in [0.2, 0.25) is 0 Å². The number of hydrogen-bond donors (Lipinski definition) is 1. The predicted octanol–water partition coefficient (Wildman–Crippen LogP) is 3.83. The first-order valence-electron chi connectivity index (χ1n) is 12.2. The van der Waals surface area contributed by atoms with Crippen LogP contribution in [-0.2, 0) is 19.4 Å². The third-order valence-corrected chi connectivity index (χ3v) is 6.93. The van der Waals surface area contributed by atoms with Gasteiger partial charge in [-0.25, -0.2) is 9.37 Å². The highest BCUT2D eigenvalue weighted by Crippen LogP contribution is 2.30. The molecule has 2 aliphatic heterocycles. The van der Waals surface area contributed by atoms with Crippen molar-refractivity contribution in [2.75, 3.05) is 11.9 Å². The van der Waals surface area contributed by atoms with Crippen LogP contribution in [0.4, 0.5) is 10.2 Å². The molecule has 1 aromatic carbocycles. The molecule has 0 unspecified atom stereocenters. The Balaban J connectivity index is 1.23. The summed E-state index contributed by atoms with van der Waals surface area (Å²) < 4.78 is 17.0. The number of aromatic nitrogens is 5. The van der Waals surface area contributed by atoms with Crippen molar-refractivity contribution in [2.24, 2.45) is 0 Å². The molecule has 0 saturated carbocycles. The van der Waals surface area contributed by atoms with Crippen LogP contribution in [-0.4, -0.2) is 48.0 Å². The average molecular weight is 498 g/mol. The van der Waals surface area contributed by atoms with E-state index in [1.165, 1.54) is 12.1 Å². The van der Waals surface area contributed by atoms with Crippen molar-refractivity contribution in [1.29, 1.82) is 0 Å². The molecule has 0 radical (unpaired) electrons. The molecule has 1 atom stereocenters. The summed E-state index contributed by atoms with van der Waals surface area (Å²) in [6.45, 7) is 2.84. The topological polar surface area (TPSA) is 106 Å². The van der Waals surface area contributed by atoms with Gasteiger partial charge >= 0.3 is 0 Å². The molecule has 186 valence electrons. The quantitative estimate of drug-likeness (QED) is 0.459. The lowest BCUT2D eigenvalue weighted by Gasteiger charge is -2.29. The van der Waals surface area contributed by atoms with E-state index in [4.69, 9.17) is 0 Å². The van der Waals surface area contributed by atoms with E-state index in [-0.39, 0.29) is 29.9 Å². The standard InChI is InChI=1S/C27H24FN7O2/c1-16-8-9-24-32-33-25(35(16)24)21-6-4-7-23(30-21)31-26(36)19-13-18-15-34(12-10-17(18)14-20(19)28)27(37)22-5-2-3-11-29-22/h2-7,11,13-14,16H,8-10,12,15H2,1H3,(H,30,31,36)/t16-/m0/s1. The van der Waals surface area contributed by atoms with Gasteiger partial charge in [0.05, 0.1) is 5.56 Å². The van der Waals surface area contributed by atoms with Crippen LogP contribution in [0.15, 0.2) is 54.7 Å². The Hall–Kier alpha value is -4.47. The predicted molar refractivity (Wildman–Crippen MR) is 133 cm³/mol. The second-order valence-electron chi connectivity index (χ2n) is 9.35. The number of amides is 2. The SMILES string of the molecule is C[C@H]1CCc2nnc(-c3cccc(NC(=O)c4cc5c(cc4F)CCN(C(=O)c4ccccn4)C5)n3)n21. The number of fused-ring (bicyclic) bond motifs is 2. The van der Waals surface area contributed by atoms with E-state index in [9.17, 15) is 14.0 Å². The molecule has 37 heavy (non-hydrogen) atoms. The number of hydrogen-bond acceptors (Lipinski definition) is 6. The van der Waals surface area contributed by atoms with E-state index >= 15 is 0 Å². The van der Waals surface area contributed by atoms with E-state index in [2.05, 4.69) is 37.0 Å². The molecule has 5 heterocycles. The Labute approximate surface area is 212 Å². The normalized spacial score (nSPS) is 16.3. The van der Waals surface area contributed by atoms with Crippen molar-refractivity contribution in [1.82, 2.24) is 29.6 Å². The number of rotatable bonds is 4. The molecule has 4 aromatic rings. The van der Waals surface area contributed by atoms with Crippen LogP contribution in [0.5, 0.6) is 0 Å². The monoisotopic (exact) mass is 497 g/mol. The Morgan fingerprint density at radius 3 is 2.78 bits per heavy atom. The maximum Gasteiger partial charge on any atom is 0.272 e. The summed E-state index contributed by atoms with van der Waals surface area (Å²) in [5, 5.41) is 11.2. The van der Waals surface area contributed by atoms with E-state index in [0.717, 1.165) is 29.8 Å². The van der Waals surface area contributed by atoms with Gasteiger partial charge in [0, 0.05) is 31.7 Å². The number of benzene rings is 1. The number of carbonyl (C=O) groups excluding carboxylic acids is 2. The molecule has 1 N–H and O–H groups in total. The Morgan fingerprint density at radius 1 is 1.05 bits per heavy atom. The van der Waals surface area contributed by atoms with E-state index < -0.39 is 11.7 Å². The molecule has 10 heteroatoms. The minimum atomic E-state index is -0.613. The molecule has 2 amide bonds. The van der Waals surface area contributed by atoms with Crippen LogP contribution in [0.3, 0.4) is 0 Å². The molecule has 9 nitrogen and oxygen atoms in total. The molecule has 0 saturated heterocycles. The number of halogens is 1. The number of nitrogens with one attached hydrogen (secondary N) is 1. The maximum absolute atomic E-state index is 15.0. The lowest BCUT2D eigenvalue weighted by atomic mass is 9.96.